The first kappa shape index (κ1) is 26.5. The minimum absolute atomic E-state index is 0.0572. The summed E-state index contributed by atoms with van der Waals surface area (Å²) in [6, 6.07) is 1.45. The van der Waals surface area contributed by atoms with Crippen molar-refractivity contribution in [3.8, 4) is 11.9 Å². The van der Waals surface area contributed by atoms with Crippen molar-refractivity contribution in [1.82, 2.24) is 25.6 Å². The van der Waals surface area contributed by atoms with Gasteiger partial charge in [-0.1, -0.05) is 25.2 Å². The molecule has 0 aliphatic carbocycles. The van der Waals surface area contributed by atoms with E-state index in [2.05, 4.69) is 49.6 Å². The van der Waals surface area contributed by atoms with Crippen molar-refractivity contribution in [2.75, 3.05) is 31.0 Å². The van der Waals surface area contributed by atoms with Crippen molar-refractivity contribution < 1.29 is 19.1 Å². The van der Waals surface area contributed by atoms with Gasteiger partial charge in [0, 0.05) is 42.4 Å². The van der Waals surface area contributed by atoms with E-state index < -0.39 is 0 Å². The van der Waals surface area contributed by atoms with E-state index in [1.54, 1.807) is 13.2 Å². The highest BCUT2D eigenvalue weighted by Gasteiger charge is 2.24. The zero-order valence-corrected chi connectivity index (χ0v) is 22.0. The van der Waals surface area contributed by atoms with E-state index in [1.807, 2.05) is 13.8 Å². The summed E-state index contributed by atoms with van der Waals surface area (Å²) >= 11 is 1.44. The highest BCUT2D eigenvalue weighted by Crippen LogP contribution is 2.31. The molecular formula is C23H35N7O4S. The molecule has 0 aromatic carbocycles. The van der Waals surface area contributed by atoms with E-state index in [9.17, 15) is 9.59 Å². The molecule has 11 nitrogen and oxygen atoms in total. The molecule has 192 valence electrons. The number of anilines is 2. The summed E-state index contributed by atoms with van der Waals surface area (Å²) in [5, 5.41) is 9.21. The molecule has 0 fully saturated rings. The number of urea groups is 1. The molecule has 3 amide bonds. The maximum absolute atomic E-state index is 12.7. The van der Waals surface area contributed by atoms with Crippen LogP contribution in [-0.2, 0) is 17.8 Å². The third-order valence-corrected chi connectivity index (χ3v) is 6.31. The van der Waals surface area contributed by atoms with Crippen LogP contribution in [0.15, 0.2) is 6.07 Å². The fourth-order valence-electron chi connectivity index (χ4n) is 3.88. The lowest BCUT2D eigenvalue weighted by Gasteiger charge is -2.27. The fraction of sp³-hybridized carbons (Fsp3) is 0.609. The van der Waals surface area contributed by atoms with Crippen LogP contribution in [0, 0.1) is 5.92 Å². The number of rotatable bonds is 10. The first-order valence-corrected chi connectivity index (χ1v) is 12.6. The predicted octanol–water partition coefficient (Wildman–Crippen LogP) is 2.96. The molecule has 0 saturated carbocycles. The number of hydrogen-bond acceptors (Lipinski definition) is 9. The van der Waals surface area contributed by atoms with Gasteiger partial charge in [0.2, 0.25) is 11.8 Å². The summed E-state index contributed by atoms with van der Waals surface area (Å²) < 4.78 is 10.4. The number of methoxy groups -OCH3 is 2. The second-order valence-electron chi connectivity index (χ2n) is 9.17. The van der Waals surface area contributed by atoms with Crippen LogP contribution in [0.1, 0.15) is 51.1 Å². The fourth-order valence-corrected chi connectivity index (χ4v) is 4.90. The normalized spacial score (nSPS) is 13.9. The van der Waals surface area contributed by atoms with Crippen LogP contribution in [0.4, 0.5) is 15.7 Å². The summed E-state index contributed by atoms with van der Waals surface area (Å²) in [5.41, 5.74) is 0.963. The van der Waals surface area contributed by atoms with Crippen LogP contribution in [0.2, 0.25) is 0 Å². The van der Waals surface area contributed by atoms with E-state index in [4.69, 9.17) is 9.47 Å². The lowest BCUT2D eigenvalue weighted by atomic mass is 10.0. The third kappa shape index (κ3) is 7.67. The molecule has 3 heterocycles. The first-order chi connectivity index (χ1) is 16.7. The summed E-state index contributed by atoms with van der Waals surface area (Å²) in [7, 11) is 3.07. The summed E-state index contributed by atoms with van der Waals surface area (Å²) in [6.45, 7) is 9.28. The molecule has 0 saturated heterocycles. The van der Waals surface area contributed by atoms with Gasteiger partial charge in [-0.2, -0.15) is 9.97 Å². The molecule has 2 aromatic rings. The monoisotopic (exact) mass is 505 g/mol. The van der Waals surface area contributed by atoms with E-state index in [0.29, 0.717) is 42.3 Å². The lowest BCUT2D eigenvalue weighted by molar-refractivity contribution is -0.122. The molecule has 2 aromatic heterocycles. The number of ether oxygens (including phenoxy) is 2. The highest BCUT2D eigenvalue weighted by atomic mass is 32.1. The summed E-state index contributed by atoms with van der Waals surface area (Å²) in [5.74, 6) is 1.40. The second kappa shape index (κ2) is 12.0. The average Bonchev–Trinajstić information content (AvgIpc) is 3.18. The van der Waals surface area contributed by atoms with Crippen molar-refractivity contribution in [3.63, 3.8) is 0 Å². The van der Waals surface area contributed by atoms with Gasteiger partial charge >= 0.3 is 12.0 Å². The van der Waals surface area contributed by atoms with E-state index in [0.717, 1.165) is 17.0 Å². The van der Waals surface area contributed by atoms with Gasteiger partial charge in [-0.05, 0) is 26.2 Å². The first-order valence-electron chi connectivity index (χ1n) is 11.7. The van der Waals surface area contributed by atoms with Crippen LogP contribution in [0.25, 0.3) is 0 Å². The van der Waals surface area contributed by atoms with Crippen molar-refractivity contribution in [2.24, 2.45) is 5.92 Å². The third-order valence-electron chi connectivity index (χ3n) is 5.31. The molecule has 1 atom stereocenters. The van der Waals surface area contributed by atoms with Gasteiger partial charge in [-0.15, -0.1) is 0 Å². The molecule has 0 bridgehead atoms. The Labute approximate surface area is 210 Å². The Balaban J connectivity index is 1.64. The molecule has 1 aliphatic heterocycles. The maximum atomic E-state index is 12.7. The number of amides is 3. The standard InChI is InChI=1S/C23H35N7O4S/c1-13(2)9-15(10-19(31)24-14(3)4)25-21(32)29-23-26-16-7-8-30(12-17(16)35-23)18-11-20(33-5)28-22(27-18)34-6/h11,13-15H,7-10,12H2,1-6H3,(H,24,31)(H2,25,26,29,32). The number of aromatic nitrogens is 3. The number of thiazole rings is 1. The topological polar surface area (TPSA) is 131 Å². The van der Waals surface area contributed by atoms with Gasteiger partial charge in [0.15, 0.2) is 5.13 Å². The Kier molecular flexibility index (Phi) is 9.07. The van der Waals surface area contributed by atoms with Gasteiger partial charge in [0.05, 0.1) is 26.5 Å². The van der Waals surface area contributed by atoms with Gasteiger partial charge in [0.25, 0.3) is 0 Å². The number of carbonyl (C=O) groups is 2. The minimum Gasteiger partial charge on any atom is -0.481 e. The Bertz CT molecular complexity index is 1010. The molecule has 3 rings (SSSR count). The average molecular weight is 506 g/mol. The van der Waals surface area contributed by atoms with Crippen molar-refractivity contribution in [3.05, 3.63) is 16.6 Å². The Morgan fingerprint density at radius 1 is 1.11 bits per heavy atom. The summed E-state index contributed by atoms with van der Waals surface area (Å²) in [6.07, 6.45) is 1.65. The number of hydrogen-bond donors (Lipinski definition) is 3. The van der Waals surface area contributed by atoms with Crippen LogP contribution in [0.3, 0.4) is 0 Å². The smallest absolute Gasteiger partial charge is 0.321 e. The largest absolute Gasteiger partial charge is 0.481 e. The van der Waals surface area contributed by atoms with Crippen molar-refractivity contribution in [2.45, 2.75) is 65.6 Å². The Morgan fingerprint density at radius 2 is 1.89 bits per heavy atom. The van der Waals surface area contributed by atoms with Crippen molar-refractivity contribution in [1.29, 1.82) is 0 Å². The van der Waals surface area contributed by atoms with Gasteiger partial charge in [0.1, 0.15) is 5.82 Å². The molecule has 35 heavy (non-hydrogen) atoms. The number of carbonyl (C=O) groups excluding carboxylic acids is 2. The van der Waals surface area contributed by atoms with E-state index in [-0.39, 0.29) is 36.5 Å². The summed E-state index contributed by atoms with van der Waals surface area (Å²) in [4.78, 5) is 41.3. The zero-order chi connectivity index (χ0) is 25.5. The van der Waals surface area contributed by atoms with Crippen LogP contribution < -0.4 is 30.3 Å². The Morgan fingerprint density at radius 3 is 2.54 bits per heavy atom. The second-order valence-corrected chi connectivity index (χ2v) is 10.3. The number of nitrogens with zero attached hydrogens (tertiary/aromatic N) is 4. The lowest BCUT2D eigenvalue weighted by Crippen LogP contribution is -2.43. The number of fused-ring (bicyclic) bond motifs is 1. The Hall–Kier alpha value is -3.15. The molecule has 0 radical (unpaired) electrons. The molecule has 3 N–H and O–H groups in total. The van der Waals surface area contributed by atoms with Crippen LogP contribution in [-0.4, -0.2) is 59.7 Å². The molecule has 0 spiro atoms. The maximum Gasteiger partial charge on any atom is 0.321 e. The number of nitrogens with one attached hydrogen (secondary N) is 3. The van der Waals surface area contributed by atoms with E-state index >= 15 is 0 Å². The van der Waals surface area contributed by atoms with Gasteiger partial charge < -0.3 is 25.0 Å². The molecular weight excluding hydrogens is 470 g/mol. The zero-order valence-electron chi connectivity index (χ0n) is 21.2. The van der Waals surface area contributed by atoms with Gasteiger partial charge in [-0.3, -0.25) is 10.1 Å². The SMILES string of the molecule is COc1cc(N2CCc3nc(NC(=O)NC(CC(=O)NC(C)C)CC(C)C)sc3C2)nc(OC)n1. The predicted molar refractivity (Wildman–Crippen MR) is 135 cm³/mol. The van der Waals surface area contributed by atoms with Crippen molar-refractivity contribution >= 4 is 34.2 Å². The van der Waals surface area contributed by atoms with Crippen LogP contribution in [0.5, 0.6) is 11.9 Å². The molecule has 12 heteroatoms. The highest BCUT2D eigenvalue weighted by molar-refractivity contribution is 7.15. The van der Waals surface area contributed by atoms with Gasteiger partial charge in [-0.25, -0.2) is 9.78 Å². The molecule has 1 unspecified atom stereocenters. The quantitative estimate of drug-likeness (QED) is 0.449. The minimum atomic E-state index is -0.360. The molecule has 1 aliphatic rings. The van der Waals surface area contributed by atoms with E-state index in [1.165, 1.54) is 18.4 Å². The van der Waals surface area contributed by atoms with Crippen LogP contribution >= 0.6 is 11.3 Å².